The number of methoxy groups -OCH3 is 2. The molecule has 0 radical (unpaired) electrons. The van der Waals surface area contributed by atoms with Crippen LogP contribution in [0.5, 0.6) is 17.2 Å². The van der Waals surface area contributed by atoms with E-state index in [1.165, 1.54) is 0 Å². The van der Waals surface area contributed by atoms with Crippen molar-refractivity contribution in [3.05, 3.63) is 65.7 Å². The van der Waals surface area contributed by atoms with Gasteiger partial charge in [0.2, 0.25) is 0 Å². The second-order valence-corrected chi connectivity index (χ2v) is 5.14. The van der Waals surface area contributed by atoms with E-state index in [0.29, 0.717) is 17.1 Å². The van der Waals surface area contributed by atoms with Crippen molar-refractivity contribution in [2.24, 2.45) is 0 Å². The molecule has 0 atom stereocenters. The van der Waals surface area contributed by atoms with Gasteiger partial charge in [0.25, 0.3) is 0 Å². The Bertz CT molecular complexity index is 866. The van der Waals surface area contributed by atoms with Crippen molar-refractivity contribution in [2.45, 2.75) is 0 Å². The molecule has 0 unspecified atom stereocenters. The van der Waals surface area contributed by atoms with E-state index in [0.717, 1.165) is 10.8 Å². The molecule has 4 nitrogen and oxygen atoms in total. The average Bonchev–Trinajstić information content (AvgIpc) is 2.60. The van der Waals surface area contributed by atoms with Crippen LogP contribution in [0.2, 0.25) is 0 Å². The van der Waals surface area contributed by atoms with Gasteiger partial charge in [-0.3, -0.25) is 4.79 Å². The lowest BCUT2D eigenvalue weighted by Crippen LogP contribution is -2.02. The number of fused-ring (bicyclic) bond motifs is 1. The topological polar surface area (TPSA) is 55.8 Å². The van der Waals surface area contributed by atoms with Crippen molar-refractivity contribution in [1.29, 1.82) is 0 Å². The lowest BCUT2D eigenvalue weighted by Gasteiger charge is -2.08. The van der Waals surface area contributed by atoms with Gasteiger partial charge in [-0.05, 0) is 59.3 Å². The summed E-state index contributed by atoms with van der Waals surface area (Å²) in [5.74, 6) is 1.09. The predicted molar refractivity (Wildman–Crippen MR) is 88.6 cm³/mol. The minimum Gasteiger partial charge on any atom is -0.507 e. The maximum Gasteiger partial charge on any atom is 0.196 e. The minimum atomic E-state index is -0.233. The first-order valence-corrected chi connectivity index (χ1v) is 7.12. The van der Waals surface area contributed by atoms with Crippen molar-refractivity contribution in [2.75, 3.05) is 14.2 Å². The Morgan fingerprint density at radius 2 is 1.48 bits per heavy atom. The van der Waals surface area contributed by atoms with Crippen molar-refractivity contribution >= 4 is 16.6 Å². The molecule has 0 bridgehead atoms. The normalized spacial score (nSPS) is 10.5. The number of rotatable bonds is 4. The molecule has 0 aliphatic heterocycles. The number of aromatic hydroxyl groups is 1. The van der Waals surface area contributed by atoms with E-state index in [9.17, 15) is 9.90 Å². The molecule has 0 aliphatic rings. The number of carbonyl (C=O) groups is 1. The molecule has 0 aromatic heterocycles. The van der Waals surface area contributed by atoms with Gasteiger partial charge in [0.1, 0.15) is 17.2 Å². The highest BCUT2D eigenvalue weighted by molar-refractivity contribution is 6.12. The molecule has 1 N–H and O–H groups in total. The summed E-state index contributed by atoms with van der Waals surface area (Å²) in [7, 11) is 3.16. The molecule has 23 heavy (non-hydrogen) atoms. The number of ether oxygens (including phenoxy) is 2. The first-order valence-electron chi connectivity index (χ1n) is 7.12. The zero-order chi connectivity index (χ0) is 16.4. The number of benzene rings is 3. The number of hydrogen-bond donors (Lipinski definition) is 1. The Kier molecular flexibility index (Phi) is 3.89. The van der Waals surface area contributed by atoms with E-state index in [4.69, 9.17) is 9.47 Å². The lowest BCUT2D eigenvalue weighted by atomic mass is 9.98. The smallest absolute Gasteiger partial charge is 0.196 e. The van der Waals surface area contributed by atoms with Gasteiger partial charge in [0, 0.05) is 5.56 Å². The van der Waals surface area contributed by atoms with Crippen LogP contribution in [-0.2, 0) is 0 Å². The molecule has 3 aromatic carbocycles. The average molecular weight is 308 g/mol. The zero-order valence-corrected chi connectivity index (χ0v) is 12.9. The van der Waals surface area contributed by atoms with Crippen LogP contribution in [0, 0.1) is 0 Å². The summed E-state index contributed by atoms with van der Waals surface area (Å²) >= 11 is 0. The van der Waals surface area contributed by atoms with Crippen LogP contribution in [0.3, 0.4) is 0 Å². The summed E-state index contributed by atoms with van der Waals surface area (Å²) in [6, 6.07) is 15.6. The van der Waals surface area contributed by atoms with Gasteiger partial charge in [0.05, 0.1) is 19.8 Å². The maximum atomic E-state index is 12.6. The van der Waals surface area contributed by atoms with Crippen LogP contribution in [0.4, 0.5) is 0 Å². The predicted octanol–water partition coefficient (Wildman–Crippen LogP) is 3.79. The van der Waals surface area contributed by atoms with E-state index in [1.54, 1.807) is 50.6 Å². The Morgan fingerprint density at radius 3 is 2.13 bits per heavy atom. The Balaban J connectivity index is 2.04. The largest absolute Gasteiger partial charge is 0.507 e. The van der Waals surface area contributed by atoms with Crippen molar-refractivity contribution in [1.82, 2.24) is 0 Å². The lowest BCUT2D eigenvalue weighted by molar-refractivity contribution is 0.103. The molecule has 3 rings (SSSR count). The van der Waals surface area contributed by atoms with Crippen molar-refractivity contribution in [3.8, 4) is 17.2 Å². The van der Waals surface area contributed by atoms with Crippen molar-refractivity contribution < 1.29 is 19.4 Å². The second-order valence-electron chi connectivity index (χ2n) is 5.14. The highest BCUT2D eigenvalue weighted by Crippen LogP contribution is 2.29. The first-order chi connectivity index (χ1) is 11.1. The third-order valence-corrected chi connectivity index (χ3v) is 3.76. The molecule has 0 saturated heterocycles. The Labute approximate surface area is 133 Å². The summed E-state index contributed by atoms with van der Waals surface area (Å²) in [4.78, 5) is 12.6. The van der Waals surface area contributed by atoms with Crippen LogP contribution in [0.1, 0.15) is 15.9 Å². The molecule has 0 aliphatic carbocycles. The third-order valence-electron chi connectivity index (χ3n) is 3.76. The number of phenols is 1. The highest BCUT2D eigenvalue weighted by atomic mass is 16.5. The number of ketones is 1. The second kappa shape index (κ2) is 6.01. The molecule has 0 spiro atoms. The Morgan fingerprint density at radius 1 is 0.826 bits per heavy atom. The number of phenolic OH excluding ortho intramolecular Hbond substituents is 1. The summed E-state index contributed by atoms with van der Waals surface area (Å²) in [5.41, 5.74) is 0.766. The van der Waals surface area contributed by atoms with Gasteiger partial charge in [-0.15, -0.1) is 0 Å². The summed E-state index contributed by atoms with van der Waals surface area (Å²) in [5, 5.41) is 11.9. The molecule has 3 aromatic rings. The molecule has 0 amide bonds. The van der Waals surface area contributed by atoms with Crippen LogP contribution < -0.4 is 9.47 Å². The van der Waals surface area contributed by atoms with Gasteiger partial charge in [0.15, 0.2) is 5.78 Å². The highest BCUT2D eigenvalue weighted by Gasteiger charge is 2.15. The SMILES string of the molecule is COc1ccc(C(=O)c2cc3ccc(OC)cc3cc2O)cc1. The van der Waals surface area contributed by atoms with Crippen LogP contribution in [-0.4, -0.2) is 25.1 Å². The molecule has 4 heteroatoms. The van der Waals surface area contributed by atoms with Crippen molar-refractivity contribution in [3.63, 3.8) is 0 Å². The number of hydrogen-bond acceptors (Lipinski definition) is 4. The van der Waals surface area contributed by atoms with E-state index >= 15 is 0 Å². The molecular weight excluding hydrogens is 292 g/mol. The molecule has 116 valence electrons. The van der Waals surface area contributed by atoms with Gasteiger partial charge in [-0.2, -0.15) is 0 Å². The van der Waals surface area contributed by atoms with E-state index in [-0.39, 0.29) is 17.1 Å². The van der Waals surface area contributed by atoms with Gasteiger partial charge >= 0.3 is 0 Å². The molecule has 0 heterocycles. The van der Waals surface area contributed by atoms with Gasteiger partial charge < -0.3 is 14.6 Å². The fraction of sp³-hybridized carbons (Fsp3) is 0.105. The molecular formula is C19H16O4. The first kappa shape index (κ1) is 14.9. The van der Waals surface area contributed by atoms with Gasteiger partial charge in [-0.25, -0.2) is 0 Å². The fourth-order valence-electron chi connectivity index (χ4n) is 2.47. The van der Waals surface area contributed by atoms with Gasteiger partial charge in [-0.1, -0.05) is 6.07 Å². The number of carbonyl (C=O) groups excluding carboxylic acids is 1. The third kappa shape index (κ3) is 2.83. The summed E-state index contributed by atoms with van der Waals surface area (Å²) in [6.45, 7) is 0. The maximum absolute atomic E-state index is 12.6. The molecule has 0 saturated carbocycles. The van der Waals surface area contributed by atoms with Crippen LogP contribution >= 0.6 is 0 Å². The molecule has 0 fully saturated rings. The fourth-order valence-corrected chi connectivity index (χ4v) is 2.47. The van der Waals surface area contributed by atoms with E-state index < -0.39 is 0 Å². The Hall–Kier alpha value is -3.01. The van der Waals surface area contributed by atoms with E-state index in [2.05, 4.69) is 0 Å². The van der Waals surface area contributed by atoms with Crippen LogP contribution in [0.25, 0.3) is 10.8 Å². The zero-order valence-electron chi connectivity index (χ0n) is 12.9. The minimum absolute atomic E-state index is 0.0495. The standard InChI is InChI=1S/C19H16O4/c1-22-15-6-3-12(4-7-15)19(21)17-10-13-5-8-16(23-2)9-14(13)11-18(17)20/h3-11,20H,1-2H3. The quantitative estimate of drug-likeness (QED) is 0.745. The monoisotopic (exact) mass is 308 g/mol. The van der Waals surface area contributed by atoms with Crippen LogP contribution in [0.15, 0.2) is 54.6 Å². The van der Waals surface area contributed by atoms with E-state index in [1.807, 2.05) is 18.2 Å². The summed E-state index contributed by atoms with van der Waals surface area (Å²) < 4.78 is 10.3. The summed E-state index contributed by atoms with van der Waals surface area (Å²) in [6.07, 6.45) is 0.